The number of nitrogens with one attached hydrogen (secondary N) is 1. The lowest BCUT2D eigenvalue weighted by Crippen LogP contribution is -2.43. The summed E-state index contributed by atoms with van der Waals surface area (Å²) in [5.41, 5.74) is 1.47. The molecule has 15 heavy (non-hydrogen) atoms. The molecule has 0 aliphatic heterocycles. The third-order valence-corrected chi connectivity index (χ3v) is 3.77. The van der Waals surface area contributed by atoms with Crippen molar-refractivity contribution in [3.63, 3.8) is 0 Å². The summed E-state index contributed by atoms with van der Waals surface area (Å²) in [6.07, 6.45) is 2.56. The van der Waals surface area contributed by atoms with E-state index in [1.807, 2.05) is 0 Å². The third-order valence-electron chi connectivity index (χ3n) is 3.05. The van der Waals surface area contributed by atoms with Crippen molar-refractivity contribution in [2.75, 3.05) is 0 Å². The van der Waals surface area contributed by atoms with E-state index in [9.17, 15) is 0 Å². The summed E-state index contributed by atoms with van der Waals surface area (Å²) >= 11 is 3.62. The Hall–Kier alpha value is -0.340. The Balaban J connectivity index is 1.92. The SMILES string of the molecule is CC(C)NC1CC(c2ccccc2Br)C1. The van der Waals surface area contributed by atoms with Gasteiger partial charge in [-0.1, -0.05) is 48.0 Å². The fraction of sp³-hybridized carbons (Fsp3) is 0.538. The fourth-order valence-electron chi connectivity index (χ4n) is 2.29. The molecular formula is C13H18BrN. The van der Waals surface area contributed by atoms with Gasteiger partial charge in [-0.2, -0.15) is 0 Å². The second kappa shape index (κ2) is 4.67. The molecule has 1 N–H and O–H groups in total. The van der Waals surface area contributed by atoms with Gasteiger partial charge in [0.1, 0.15) is 0 Å². The molecule has 0 heterocycles. The molecule has 0 unspecified atom stereocenters. The van der Waals surface area contributed by atoms with Crippen LogP contribution >= 0.6 is 15.9 Å². The second-order valence-corrected chi connectivity index (χ2v) is 5.56. The molecule has 1 aromatic rings. The summed E-state index contributed by atoms with van der Waals surface area (Å²) in [6, 6.07) is 9.91. The van der Waals surface area contributed by atoms with E-state index in [1.54, 1.807) is 0 Å². The molecule has 0 radical (unpaired) electrons. The van der Waals surface area contributed by atoms with Crippen LogP contribution in [0.2, 0.25) is 0 Å². The van der Waals surface area contributed by atoms with Crippen molar-refractivity contribution in [2.24, 2.45) is 0 Å². The van der Waals surface area contributed by atoms with Gasteiger partial charge < -0.3 is 5.32 Å². The Morgan fingerprint density at radius 1 is 1.27 bits per heavy atom. The first-order valence-electron chi connectivity index (χ1n) is 5.67. The van der Waals surface area contributed by atoms with Crippen LogP contribution in [0.3, 0.4) is 0 Å². The van der Waals surface area contributed by atoms with Gasteiger partial charge in [0.05, 0.1) is 0 Å². The quantitative estimate of drug-likeness (QED) is 0.881. The molecule has 0 aromatic heterocycles. The highest BCUT2D eigenvalue weighted by Crippen LogP contribution is 2.40. The highest BCUT2D eigenvalue weighted by molar-refractivity contribution is 9.10. The van der Waals surface area contributed by atoms with Crippen LogP contribution in [-0.2, 0) is 0 Å². The van der Waals surface area contributed by atoms with E-state index in [2.05, 4.69) is 59.4 Å². The van der Waals surface area contributed by atoms with Gasteiger partial charge in [-0.05, 0) is 30.4 Å². The van der Waals surface area contributed by atoms with Crippen molar-refractivity contribution in [1.29, 1.82) is 0 Å². The number of benzene rings is 1. The smallest absolute Gasteiger partial charge is 0.0210 e. The maximum atomic E-state index is 3.62. The van der Waals surface area contributed by atoms with Crippen LogP contribution in [0.5, 0.6) is 0 Å². The molecule has 0 atom stereocenters. The van der Waals surface area contributed by atoms with Crippen molar-refractivity contribution in [1.82, 2.24) is 5.32 Å². The molecule has 0 saturated heterocycles. The lowest BCUT2D eigenvalue weighted by atomic mass is 9.75. The Morgan fingerprint density at radius 2 is 1.93 bits per heavy atom. The van der Waals surface area contributed by atoms with E-state index in [1.165, 1.54) is 22.9 Å². The van der Waals surface area contributed by atoms with Gasteiger partial charge in [0, 0.05) is 16.6 Å². The number of halogens is 1. The summed E-state index contributed by atoms with van der Waals surface area (Å²) in [4.78, 5) is 0. The summed E-state index contributed by atoms with van der Waals surface area (Å²) in [6.45, 7) is 4.43. The first-order valence-corrected chi connectivity index (χ1v) is 6.46. The van der Waals surface area contributed by atoms with Crippen LogP contribution in [0.25, 0.3) is 0 Å². The molecule has 0 amide bonds. The van der Waals surface area contributed by atoms with Gasteiger partial charge in [0.25, 0.3) is 0 Å². The minimum Gasteiger partial charge on any atom is -0.312 e. The van der Waals surface area contributed by atoms with E-state index in [0.29, 0.717) is 6.04 Å². The zero-order valence-corrected chi connectivity index (χ0v) is 10.9. The van der Waals surface area contributed by atoms with Crippen LogP contribution in [0.15, 0.2) is 28.7 Å². The molecule has 0 bridgehead atoms. The highest BCUT2D eigenvalue weighted by atomic mass is 79.9. The third kappa shape index (κ3) is 2.61. The second-order valence-electron chi connectivity index (χ2n) is 4.71. The first-order chi connectivity index (χ1) is 7.16. The Kier molecular flexibility index (Phi) is 3.47. The Bertz CT molecular complexity index is 329. The van der Waals surface area contributed by atoms with E-state index < -0.39 is 0 Å². The van der Waals surface area contributed by atoms with Crippen LogP contribution in [0, 0.1) is 0 Å². The number of hydrogen-bond acceptors (Lipinski definition) is 1. The van der Waals surface area contributed by atoms with E-state index in [-0.39, 0.29) is 0 Å². The molecule has 1 aliphatic rings. The van der Waals surface area contributed by atoms with Gasteiger partial charge in [-0.25, -0.2) is 0 Å². The topological polar surface area (TPSA) is 12.0 Å². The van der Waals surface area contributed by atoms with Crippen molar-refractivity contribution in [2.45, 2.75) is 44.7 Å². The molecule has 2 heteroatoms. The van der Waals surface area contributed by atoms with Crippen molar-refractivity contribution >= 4 is 15.9 Å². The zero-order chi connectivity index (χ0) is 10.8. The minimum atomic E-state index is 0.607. The van der Waals surface area contributed by atoms with E-state index >= 15 is 0 Å². The Morgan fingerprint density at radius 3 is 2.53 bits per heavy atom. The molecule has 2 rings (SSSR count). The lowest BCUT2D eigenvalue weighted by molar-refractivity contribution is 0.274. The molecular weight excluding hydrogens is 250 g/mol. The van der Waals surface area contributed by atoms with Gasteiger partial charge in [-0.3, -0.25) is 0 Å². The first kappa shape index (κ1) is 11.2. The van der Waals surface area contributed by atoms with Crippen LogP contribution in [-0.4, -0.2) is 12.1 Å². The summed E-state index contributed by atoms with van der Waals surface area (Å²) in [5, 5.41) is 3.58. The summed E-state index contributed by atoms with van der Waals surface area (Å²) < 4.78 is 1.26. The molecule has 1 aliphatic carbocycles. The highest BCUT2D eigenvalue weighted by Gasteiger charge is 2.31. The summed E-state index contributed by atoms with van der Waals surface area (Å²) in [5.74, 6) is 0.747. The van der Waals surface area contributed by atoms with Gasteiger partial charge in [0.2, 0.25) is 0 Å². The standard InChI is InChI=1S/C13H18BrN/c1-9(2)15-11-7-10(8-11)12-5-3-4-6-13(12)14/h3-6,9-11,15H,7-8H2,1-2H3. The van der Waals surface area contributed by atoms with E-state index in [0.717, 1.165) is 12.0 Å². The number of rotatable bonds is 3. The molecule has 1 fully saturated rings. The van der Waals surface area contributed by atoms with Crippen LogP contribution < -0.4 is 5.32 Å². The predicted octanol–water partition coefficient (Wildman–Crippen LogP) is 3.69. The fourth-order valence-corrected chi connectivity index (χ4v) is 2.89. The molecule has 1 aromatic carbocycles. The monoisotopic (exact) mass is 267 g/mol. The van der Waals surface area contributed by atoms with Crippen LogP contribution in [0.1, 0.15) is 38.2 Å². The largest absolute Gasteiger partial charge is 0.312 e. The summed E-state index contributed by atoms with van der Waals surface area (Å²) in [7, 11) is 0. The maximum Gasteiger partial charge on any atom is 0.0210 e. The van der Waals surface area contributed by atoms with Crippen molar-refractivity contribution in [3.05, 3.63) is 34.3 Å². The lowest BCUT2D eigenvalue weighted by Gasteiger charge is -2.38. The Labute approximate surface area is 100 Å². The average Bonchev–Trinajstić information content (AvgIpc) is 2.12. The zero-order valence-electron chi connectivity index (χ0n) is 9.33. The predicted molar refractivity (Wildman–Crippen MR) is 68.2 cm³/mol. The average molecular weight is 268 g/mol. The van der Waals surface area contributed by atoms with Gasteiger partial charge in [-0.15, -0.1) is 0 Å². The van der Waals surface area contributed by atoms with Gasteiger partial charge in [0.15, 0.2) is 0 Å². The maximum absolute atomic E-state index is 3.62. The molecule has 1 saturated carbocycles. The molecule has 82 valence electrons. The van der Waals surface area contributed by atoms with Crippen molar-refractivity contribution in [3.8, 4) is 0 Å². The van der Waals surface area contributed by atoms with Gasteiger partial charge >= 0.3 is 0 Å². The molecule has 0 spiro atoms. The minimum absolute atomic E-state index is 0.607. The number of hydrogen-bond donors (Lipinski definition) is 1. The normalized spacial score (nSPS) is 25.3. The van der Waals surface area contributed by atoms with Crippen molar-refractivity contribution < 1.29 is 0 Å². The molecule has 1 nitrogen and oxygen atoms in total. The van der Waals surface area contributed by atoms with E-state index in [4.69, 9.17) is 0 Å². The van der Waals surface area contributed by atoms with Crippen LogP contribution in [0.4, 0.5) is 0 Å².